The van der Waals surface area contributed by atoms with Crippen LogP contribution in [0.2, 0.25) is 0 Å². The van der Waals surface area contributed by atoms with E-state index in [9.17, 15) is 4.79 Å². The largest absolute Gasteiger partial charge is 0.376 e. The van der Waals surface area contributed by atoms with Crippen molar-refractivity contribution in [1.29, 1.82) is 0 Å². The molecular formula is C15H20N4O2. The van der Waals surface area contributed by atoms with Crippen LogP contribution in [0.5, 0.6) is 0 Å². The van der Waals surface area contributed by atoms with Crippen molar-refractivity contribution in [1.82, 2.24) is 20.1 Å². The molecule has 1 N–H and O–H groups in total. The van der Waals surface area contributed by atoms with Crippen LogP contribution in [0.15, 0.2) is 12.3 Å². The number of carbonyl (C=O) groups is 1. The molecule has 2 aromatic heterocycles. The monoisotopic (exact) mass is 288 g/mol. The summed E-state index contributed by atoms with van der Waals surface area (Å²) in [7, 11) is 1.85. The van der Waals surface area contributed by atoms with Gasteiger partial charge in [0.2, 0.25) is 0 Å². The average molecular weight is 288 g/mol. The minimum atomic E-state index is -0.115. The minimum absolute atomic E-state index is 0.00527. The van der Waals surface area contributed by atoms with E-state index < -0.39 is 0 Å². The third-order valence-electron chi connectivity index (χ3n) is 4.01. The molecule has 1 amide bonds. The van der Waals surface area contributed by atoms with Crippen LogP contribution in [0, 0.1) is 6.92 Å². The first-order valence-electron chi connectivity index (χ1n) is 7.28. The molecule has 0 spiro atoms. The lowest BCUT2D eigenvalue weighted by atomic mass is 10.1. The Morgan fingerprint density at radius 3 is 3.10 bits per heavy atom. The van der Waals surface area contributed by atoms with Gasteiger partial charge >= 0.3 is 0 Å². The van der Waals surface area contributed by atoms with Crippen molar-refractivity contribution in [2.45, 2.75) is 38.8 Å². The van der Waals surface area contributed by atoms with E-state index in [4.69, 9.17) is 4.74 Å². The van der Waals surface area contributed by atoms with Crippen LogP contribution >= 0.6 is 0 Å². The van der Waals surface area contributed by atoms with Gasteiger partial charge in [-0.3, -0.25) is 9.48 Å². The first-order chi connectivity index (χ1) is 10.1. The second-order valence-corrected chi connectivity index (χ2v) is 5.62. The van der Waals surface area contributed by atoms with E-state index in [-0.39, 0.29) is 18.1 Å². The molecule has 0 saturated carbocycles. The summed E-state index contributed by atoms with van der Waals surface area (Å²) < 4.78 is 7.32. The molecule has 0 aromatic carbocycles. The molecule has 0 radical (unpaired) electrons. The van der Waals surface area contributed by atoms with E-state index >= 15 is 0 Å². The highest BCUT2D eigenvalue weighted by atomic mass is 16.5. The zero-order valence-corrected chi connectivity index (χ0v) is 12.6. The summed E-state index contributed by atoms with van der Waals surface area (Å²) in [5.41, 5.74) is 2.22. The maximum Gasteiger partial charge on any atom is 0.253 e. The number of nitrogens with one attached hydrogen (secondary N) is 1. The van der Waals surface area contributed by atoms with Gasteiger partial charge in [0.25, 0.3) is 5.91 Å². The molecule has 3 heterocycles. The fraction of sp³-hybridized carbons (Fsp3) is 0.533. The number of nitrogens with zero attached hydrogens (tertiary/aromatic N) is 3. The lowest BCUT2D eigenvalue weighted by molar-refractivity contribution is 0.0712. The number of rotatable bonds is 3. The van der Waals surface area contributed by atoms with E-state index in [1.165, 1.54) is 0 Å². The van der Waals surface area contributed by atoms with Crippen molar-refractivity contribution < 1.29 is 9.53 Å². The van der Waals surface area contributed by atoms with Crippen molar-refractivity contribution in [3.63, 3.8) is 0 Å². The smallest absolute Gasteiger partial charge is 0.253 e. The number of carbonyl (C=O) groups excluding carboxylic acids is 1. The van der Waals surface area contributed by atoms with Crippen LogP contribution in [-0.2, 0) is 11.8 Å². The Hall–Kier alpha value is -1.95. The molecule has 1 fully saturated rings. The number of amides is 1. The summed E-state index contributed by atoms with van der Waals surface area (Å²) in [4.78, 5) is 16.7. The highest BCUT2D eigenvalue weighted by Crippen LogP contribution is 2.18. The third-order valence-corrected chi connectivity index (χ3v) is 4.01. The summed E-state index contributed by atoms with van der Waals surface area (Å²) in [6, 6.07) is 1.85. The summed E-state index contributed by atoms with van der Waals surface area (Å²) in [5.74, 6) is -0.115. The Morgan fingerprint density at radius 2 is 2.38 bits per heavy atom. The predicted molar refractivity (Wildman–Crippen MR) is 79.1 cm³/mol. The topological polar surface area (TPSA) is 69.0 Å². The molecule has 0 aliphatic carbocycles. The molecule has 1 aliphatic rings. The second kappa shape index (κ2) is 5.44. The van der Waals surface area contributed by atoms with Gasteiger partial charge in [0, 0.05) is 25.2 Å². The predicted octanol–water partition coefficient (Wildman–Crippen LogP) is 1.57. The summed E-state index contributed by atoms with van der Waals surface area (Å²) in [5, 5.41) is 8.23. The fourth-order valence-corrected chi connectivity index (χ4v) is 2.81. The van der Waals surface area contributed by atoms with Crippen molar-refractivity contribution in [2.24, 2.45) is 7.05 Å². The van der Waals surface area contributed by atoms with Gasteiger partial charge in [0.15, 0.2) is 5.65 Å². The van der Waals surface area contributed by atoms with E-state index in [0.717, 1.165) is 36.2 Å². The number of hydrogen-bond acceptors (Lipinski definition) is 4. The molecule has 112 valence electrons. The number of pyridine rings is 1. The van der Waals surface area contributed by atoms with Crippen LogP contribution in [0.1, 0.15) is 35.8 Å². The highest BCUT2D eigenvalue weighted by Gasteiger charge is 2.24. The maximum absolute atomic E-state index is 12.3. The van der Waals surface area contributed by atoms with Gasteiger partial charge in [-0.1, -0.05) is 0 Å². The zero-order valence-electron chi connectivity index (χ0n) is 12.6. The maximum atomic E-state index is 12.3. The van der Waals surface area contributed by atoms with Gasteiger partial charge in [-0.2, -0.15) is 5.10 Å². The Morgan fingerprint density at radius 1 is 1.57 bits per heavy atom. The Kier molecular flexibility index (Phi) is 3.63. The van der Waals surface area contributed by atoms with Crippen LogP contribution in [-0.4, -0.2) is 39.4 Å². The van der Waals surface area contributed by atoms with E-state index in [0.29, 0.717) is 5.56 Å². The van der Waals surface area contributed by atoms with Gasteiger partial charge in [0.1, 0.15) is 0 Å². The van der Waals surface area contributed by atoms with Crippen molar-refractivity contribution in [2.75, 3.05) is 6.61 Å². The summed E-state index contributed by atoms with van der Waals surface area (Å²) in [6.07, 6.45) is 3.78. The SMILES string of the molecule is Cc1nn(C)c2ncc(C(=O)N[C@H](C)[C@@H]3CCCO3)cc12. The average Bonchev–Trinajstić information content (AvgIpc) is 3.08. The first-order valence-corrected chi connectivity index (χ1v) is 7.28. The quantitative estimate of drug-likeness (QED) is 0.931. The standard InChI is InChI=1S/C15H20N4O2/c1-9-12-7-11(8-16-14(12)19(3)18-9)15(20)17-10(2)13-5-4-6-21-13/h7-8,10,13H,4-6H2,1-3H3,(H,17,20)/t10-,13+/m1/s1. The van der Waals surface area contributed by atoms with Crippen molar-refractivity contribution in [3.8, 4) is 0 Å². The molecule has 0 bridgehead atoms. The van der Waals surface area contributed by atoms with Gasteiger partial charge in [-0.25, -0.2) is 4.98 Å². The Labute approximate surface area is 123 Å². The number of hydrogen-bond donors (Lipinski definition) is 1. The van der Waals surface area contributed by atoms with E-state index in [1.54, 1.807) is 10.9 Å². The lowest BCUT2D eigenvalue weighted by Crippen LogP contribution is -2.40. The van der Waals surface area contributed by atoms with Crippen LogP contribution < -0.4 is 5.32 Å². The van der Waals surface area contributed by atoms with Gasteiger partial charge < -0.3 is 10.1 Å². The minimum Gasteiger partial charge on any atom is -0.376 e. The van der Waals surface area contributed by atoms with Gasteiger partial charge in [0.05, 0.1) is 23.4 Å². The number of aryl methyl sites for hydroxylation is 2. The molecule has 6 heteroatoms. The Balaban J connectivity index is 1.79. The lowest BCUT2D eigenvalue weighted by Gasteiger charge is -2.19. The third kappa shape index (κ3) is 2.63. The highest BCUT2D eigenvalue weighted by molar-refractivity contribution is 5.97. The molecule has 6 nitrogen and oxygen atoms in total. The molecule has 2 aromatic rings. The molecule has 21 heavy (non-hydrogen) atoms. The van der Waals surface area contributed by atoms with E-state index in [2.05, 4.69) is 15.4 Å². The summed E-state index contributed by atoms with van der Waals surface area (Å²) in [6.45, 7) is 4.68. The number of ether oxygens (including phenoxy) is 1. The van der Waals surface area contributed by atoms with Crippen molar-refractivity contribution >= 4 is 16.9 Å². The van der Waals surface area contributed by atoms with Gasteiger partial charge in [-0.05, 0) is 32.8 Å². The first kappa shape index (κ1) is 14.0. The molecule has 3 rings (SSSR count). The summed E-state index contributed by atoms with van der Waals surface area (Å²) >= 11 is 0. The van der Waals surface area contributed by atoms with Crippen LogP contribution in [0.25, 0.3) is 11.0 Å². The fourth-order valence-electron chi connectivity index (χ4n) is 2.81. The van der Waals surface area contributed by atoms with E-state index in [1.807, 2.05) is 27.0 Å². The number of fused-ring (bicyclic) bond motifs is 1. The molecule has 2 atom stereocenters. The van der Waals surface area contributed by atoms with Crippen LogP contribution in [0.4, 0.5) is 0 Å². The molecule has 1 aliphatic heterocycles. The van der Waals surface area contributed by atoms with Gasteiger partial charge in [-0.15, -0.1) is 0 Å². The second-order valence-electron chi connectivity index (χ2n) is 5.62. The van der Waals surface area contributed by atoms with Crippen LogP contribution in [0.3, 0.4) is 0 Å². The molecule has 1 saturated heterocycles. The van der Waals surface area contributed by atoms with Crippen molar-refractivity contribution in [3.05, 3.63) is 23.5 Å². The zero-order chi connectivity index (χ0) is 15.0. The normalized spacial score (nSPS) is 19.9. The molecule has 0 unspecified atom stereocenters. The Bertz CT molecular complexity index is 674. The molecular weight excluding hydrogens is 268 g/mol. The number of aromatic nitrogens is 3.